The molecule has 1 aromatic rings. The Bertz CT molecular complexity index is 391. The van der Waals surface area contributed by atoms with E-state index < -0.39 is 5.60 Å². The molecule has 16 heavy (non-hydrogen) atoms. The minimum atomic E-state index is -0.820. The number of aliphatic hydroxyl groups is 1. The molecule has 2 atom stereocenters. The molecular weight excluding hydrogens is 270 g/mol. The molecule has 1 aliphatic rings. The first kappa shape index (κ1) is 12.1. The lowest BCUT2D eigenvalue weighted by atomic mass is 9.97. The van der Waals surface area contributed by atoms with Crippen LogP contribution in [0.4, 0.5) is 0 Å². The van der Waals surface area contributed by atoms with Crippen LogP contribution >= 0.6 is 15.9 Å². The van der Waals surface area contributed by atoms with Crippen molar-refractivity contribution in [1.82, 2.24) is 9.78 Å². The van der Waals surface area contributed by atoms with Crippen LogP contribution in [0.15, 0.2) is 10.7 Å². The Morgan fingerprint density at radius 2 is 2.38 bits per heavy atom. The van der Waals surface area contributed by atoms with Crippen LogP contribution in [0.3, 0.4) is 0 Å². The summed E-state index contributed by atoms with van der Waals surface area (Å²) in [4.78, 5) is 0. The van der Waals surface area contributed by atoms with Crippen LogP contribution in [0.25, 0.3) is 0 Å². The number of rotatable bonds is 2. The zero-order valence-electron chi connectivity index (χ0n) is 9.65. The van der Waals surface area contributed by atoms with Gasteiger partial charge in [0.15, 0.2) is 0 Å². The number of hydrogen-bond acceptors (Lipinski definition) is 3. The highest BCUT2D eigenvalue weighted by Crippen LogP contribution is 2.41. The lowest BCUT2D eigenvalue weighted by molar-refractivity contribution is 0.0317. The van der Waals surface area contributed by atoms with Gasteiger partial charge in [0, 0.05) is 12.1 Å². The smallest absolute Gasteiger partial charge is 0.109 e. The summed E-state index contributed by atoms with van der Waals surface area (Å²) in [6.45, 7) is 4.11. The molecule has 1 fully saturated rings. The summed E-state index contributed by atoms with van der Waals surface area (Å²) in [5, 5.41) is 15.0. The molecule has 2 unspecified atom stereocenters. The molecule has 0 radical (unpaired) electrons. The first-order valence-electron chi connectivity index (χ1n) is 5.65. The van der Waals surface area contributed by atoms with Gasteiger partial charge in [-0.1, -0.05) is 0 Å². The molecular formula is C11H18BrN3O. The van der Waals surface area contributed by atoms with Crippen molar-refractivity contribution < 1.29 is 5.11 Å². The Hall–Kier alpha value is -0.390. The van der Waals surface area contributed by atoms with Gasteiger partial charge < -0.3 is 10.8 Å². The Kier molecular flexibility index (Phi) is 3.11. The van der Waals surface area contributed by atoms with Crippen LogP contribution in [0, 0.1) is 0 Å². The highest BCUT2D eigenvalue weighted by molar-refractivity contribution is 9.10. The number of hydrogen-bond donors (Lipinski definition) is 2. The van der Waals surface area contributed by atoms with Crippen molar-refractivity contribution in [1.29, 1.82) is 0 Å². The van der Waals surface area contributed by atoms with Crippen LogP contribution in [0.1, 0.15) is 44.8 Å². The normalized spacial score (nSPS) is 30.2. The molecule has 4 nitrogen and oxygen atoms in total. The molecule has 1 saturated carbocycles. The van der Waals surface area contributed by atoms with Crippen molar-refractivity contribution in [2.24, 2.45) is 5.73 Å². The molecule has 1 aromatic heterocycles. The molecule has 0 spiro atoms. The monoisotopic (exact) mass is 287 g/mol. The van der Waals surface area contributed by atoms with Gasteiger partial charge in [0.1, 0.15) is 5.60 Å². The van der Waals surface area contributed by atoms with Crippen LogP contribution in [0.5, 0.6) is 0 Å². The van der Waals surface area contributed by atoms with E-state index in [1.165, 1.54) is 0 Å². The minimum Gasteiger partial charge on any atom is -0.383 e. The van der Waals surface area contributed by atoms with E-state index in [2.05, 4.69) is 34.9 Å². The van der Waals surface area contributed by atoms with E-state index in [-0.39, 0.29) is 12.1 Å². The predicted molar refractivity (Wildman–Crippen MR) is 66.0 cm³/mol. The summed E-state index contributed by atoms with van der Waals surface area (Å²) in [6.07, 6.45) is 3.94. The summed E-state index contributed by atoms with van der Waals surface area (Å²) in [5.41, 5.74) is 5.94. The predicted octanol–water partition coefficient (Wildman–Crippen LogP) is 1.93. The molecule has 1 aliphatic carbocycles. The third-order valence-corrected chi connectivity index (χ3v) is 3.79. The van der Waals surface area contributed by atoms with Crippen molar-refractivity contribution in [2.45, 2.75) is 50.8 Å². The van der Waals surface area contributed by atoms with Gasteiger partial charge in [0.2, 0.25) is 0 Å². The van der Waals surface area contributed by atoms with Gasteiger partial charge in [-0.2, -0.15) is 5.10 Å². The maximum atomic E-state index is 10.7. The maximum Gasteiger partial charge on any atom is 0.109 e. The third kappa shape index (κ3) is 1.92. The van der Waals surface area contributed by atoms with Gasteiger partial charge in [0.25, 0.3) is 0 Å². The van der Waals surface area contributed by atoms with Crippen molar-refractivity contribution >= 4 is 15.9 Å². The van der Waals surface area contributed by atoms with Crippen molar-refractivity contribution in [3.63, 3.8) is 0 Å². The van der Waals surface area contributed by atoms with Gasteiger partial charge >= 0.3 is 0 Å². The molecule has 0 amide bonds. The van der Waals surface area contributed by atoms with E-state index in [0.29, 0.717) is 12.8 Å². The van der Waals surface area contributed by atoms with E-state index in [4.69, 9.17) is 5.73 Å². The number of nitrogens with two attached hydrogens (primary N) is 1. The van der Waals surface area contributed by atoms with Gasteiger partial charge in [0.05, 0.1) is 16.4 Å². The molecule has 0 aromatic carbocycles. The number of halogens is 1. The van der Waals surface area contributed by atoms with E-state index in [1.54, 1.807) is 6.20 Å². The van der Waals surface area contributed by atoms with Gasteiger partial charge in [-0.15, -0.1) is 0 Å². The summed E-state index contributed by atoms with van der Waals surface area (Å²) in [5.74, 6) is 0. The summed E-state index contributed by atoms with van der Waals surface area (Å²) >= 11 is 3.47. The van der Waals surface area contributed by atoms with E-state index in [9.17, 15) is 5.11 Å². The first-order valence-corrected chi connectivity index (χ1v) is 6.45. The molecule has 1 heterocycles. The molecule has 0 aliphatic heterocycles. The molecule has 5 heteroatoms. The van der Waals surface area contributed by atoms with Crippen molar-refractivity contribution in [3.8, 4) is 0 Å². The van der Waals surface area contributed by atoms with E-state index >= 15 is 0 Å². The summed E-state index contributed by atoms with van der Waals surface area (Å²) in [7, 11) is 0. The highest BCUT2D eigenvalue weighted by Gasteiger charge is 2.41. The fourth-order valence-corrected chi connectivity index (χ4v) is 3.09. The fourth-order valence-electron chi connectivity index (χ4n) is 2.45. The van der Waals surface area contributed by atoms with Gasteiger partial charge in [-0.05, 0) is 49.0 Å². The Balaban J connectivity index is 2.43. The van der Waals surface area contributed by atoms with E-state index in [1.807, 2.05) is 4.68 Å². The summed E-state index contributed by atoms with van der Waals surface area (Å²) in [6, 6.07) is 0.328. The first-order chi connectivity index (χ1) is 7.44. The van der Waals surface area contributed by atoms with Crippen molar-refractivity contribution in [2.75, 3.05) is 0 Å². The average Bonchev–Trinajstić information content (AvgIpc) is 2.71. The average molecular weight is 288 g/mol. The van der Waals surface area contributed by atoms with Crippen LogP contribution in [0.2, 0.25) is 0 Å². The fraction of sp³-hybridized carbons (Fsp3) is 0.727. The second-order valence-corrected chi connectivity index (χ2v) is 5.77. The molecule has 90 valence electrons. The maximum absolute atomic E-state index is 10.7. The Morgan fingerprint density at radius 1 is 1.69 bits per heavy atom. The lowest BCUT2D eigenvalue weighted by Gasteiger charge is -2.26. The zero-order valence-corrected chi connectivity index (χ0v) is 11.2. The SMILES string of the molecule is CC(C)n1ncc(Br)c1C1(O)CCC(N)C1. The molecule has 0 bridgehead atoms. The van der Waals surface area contributed by atoms with Gasteiger partial charge in [-0.3, -0.25) is 4.68 Å². The van der Waals surface area contributed by atoms with Crippen LogP contribution < -0.4 is 5.73 Å². The standard InChI is InChI=1S/C11H18BrN3O/c1-7(2)15-10(9(12)6-14-15)11(16)4-3-8(13)5-11/h6-8,16H,3-5,13H2,1-2H3. The number of nitrogens with zero attached hydrogens (tertiary/aromatic N) is 2. The Labute approximate surface area is 104 Å². The largest absolute Gasteiger partial charge is 0.383 e. The summed E-state index contributed by atoms with van der Waals surface area (Å²) < 4.78 is 2.75. The minimum absolute atomic E-state index is 0.0902. The van der Waals surface area contributed by atoms with Crippen molar-refractivity contribution in [3.05, 3.63) is 16.4 Å². The second-order valence-electron chi connectivity index (χ2n) is 4.91. The topological polar surface area (TPSA) is 64.1 Å². The third-order valence-electron chi connectivity index (χ3n) is 3.21. The Morgan fingerprint density at radius 3 is 2.88 bits per heavy atom. The quantitative estimate of drug-likeness (QED) is 0.874. The lowest BCUT2D eigenvalue weighted by Crippen LogP contribution is -2.29. The molecule has 2 rings (SSSR count). The van der Waals surface area contributed by atoms with Gasteiger partial charge in [-0.25, -0.2) is 0 Å². The molecule has 0 saturated heterocycles. The number of aromatic nitrogens is 2. The van der Waals surface area contributed by atoms with E-state index in [0.717, 1.165) is 16.6 Å². The van der Waals surface area contributed by atoms with Crippen LogP contribution in [-0.4, -0.2) is 20.9 Å². The van der Waals surface area contributed by atoms with Crippen LogP contribution in [-0.2, 0) is 5.60 Å². The zero-order chi connectivity index (χ0) is 11.9. The second kappa shape index (κ2) is 4.13. The highest BCUT2D eigenvalue weighted by atomic mass is 79.9. The molecule has 3 N–H and O–H groups in total.